The Balaban J connectivity index is 2.11. The minimum atomic E-state index is 0.433. The summed E-state index contributed by atoms with van der Waals surface area (Å²) in [5, 5.41) is 2.93. The second kappa shape index (κ2) is 5.90. The van der Waals surface area contributed by atoms with Gasteiger partial charge in [-0.05, 0) is 17.9 Å². The Morgan fingerprint density at radius 2 is 2.35 bits per heavy atom. The van der Waals surface area contributed by atoms with Crippen molar-refractivity contribution < 1.29 is 4.74 Å². The summed E-state index contributed by atoms with van der Waals surface area (Å²) in [4.78, 5) is 9.68. The highest BCUT2D eigenvalue weighted by Gasteiger charge is 2.07. The molecule has 0 spiro atoms. The number of hydrogen-bond acceptors (Lipinski definition) is 6. The first-order valence-electron chi connectivity index (χ1n) is 5.63. The van der Waals surface area contributed by atoms with E-state index in [0.29, 0.717) is 18.2 Å². The summed E-state index contributed by atoms with van der Waals surface area (Å²) in [6.07, 6.45) is 2.18. The van der Waals surface area contributed by atoms with E-state index in [1.54, 1.807) is 11.3 Å². The summed E-state index contributed by atoms with van der Waals surface area (Å²) in [5.41, 5.74) is 2.60. The number of nitrogens with one attached hydrogen (secondary N) is 1. The molecule has 5 nitrogen and oxygen atoms in total. The van der Waals surface area contributed by atoms with E-state index >= 15 is 0 Å². The molecule has 0 atom stereocenters. The van der Waals surface area contributed by atoms with Crippen molar-refractivity contribution in [2.24, 2.45) is 5.84 Å². The predicted octanol–water partition coefficient (Wildman–Crippen LogP) is 2.29. The number of ether oxygens (including phenoxy) is 1. The normalized spacial score (nSPS) is 10.9. The maximum Gasteiger partial charge on any atom is 0.158 e. The van der Waals surface area contributed by atoms with Gasteiger partial charge in [-0.3, -0.25) is 0 Å². The molecule has 0 aliphatic rings. The van der Waals surface area contributed by atoms with Crippen molar-refractivity contribution in [2.45, 2.75) is 26.4 Å². The van der Waals surface area contributed by atoms with Gasteiger partial charge in [0.2, 0.25) is 0 Å². The van der Waals surface area contributed by atoms with E-state index in [2.05, 4.69) is 22.3 Å². The van der Waals surface area contributed by atoms with Crippen LogP contribution in [0.1, 0.15) is 25.6 Å². The SMILES string of the molecule is CCCCOCc1nc(NN)c2ccsc2n1. The van der Waals surface area contributed by atoms with Gasteiger partial charge >= 0.3 is 0 Å². The van der Waals surface area contributed by atoms with Gasteiger partial charge in [0.1, 0.15) is 11.4 Å². The van der Waals surface area contributed by atoms with Gasteiger partial charge in [0.05, 0.1) is 5.39 Å². The number of unbranched alkanes of at least 4 members (excludes halogenated alkanes) is 1. The van der Waals surface area contributed by atoms with Gasteiger partial charge < -0.3 is 10.2 Å². The lowest BCUT2D eigenvalue weighted by molar-refractivity contribution is 0.113. The predicted molar refractivity (Wildman–Crippen MR) is 69.8 cm³/mol. The molecule has 0 aliphatic heterocycles. The largest absolute Gasteiger partial charge is 0.373 e. The van der Waals surface area contributed by atoms with Crippen molar-refractivity contribution in [1.29, 1.82) is 0 Å². The standard InChI is InChI=1S/C11H16N4OS/c1-2-3-5-16-7-9-13-10(15-12)8-4-6-17-11(8)14-9/h4,6H,2-3,5,7,12H2,1H3,(H,13,14,15). The van der Waals surface area contributed by atoms with Crippen molar-refractivity contribution in [3.05, 3.63) is 17.3 Å². The van der Waals surface area contributed by atoms with E-state index in [1.165, 1.54) is 0 Å². The monoisotopic (exact) mass is 252 g/mol. The number of fused-ring (bicyclic) bond motifs is 1. The number of anilines is 1. The Hall–Kier alpha value is -1.24. The molecule has 0 aliphatic carbocycles. The lowest BCUT2D eigenvalue weighted by atomic mass is 10.3. The molecule has 0 aromatic carbocycles. The van der Waals surface area contributed by atoms with Gasteiger partial charge in [-0.25, -0.2) is 15.8 Å². The lowest BCUT2D eigenvalue weighted by Crippen LogP contribution is -2.11. The molecule has 0 bridgehead atoms. The van der Waals surface area contributed by atoms with Gasteiger partial charge in [-0.1, -0.05) is 13.3 Å². The minimum absolute atomic E-state index is 0.433. The third-order valence-electron chi connectivity index (χ3n) is 2.38. The van der Waals surface area contributed by atoms with Crippen LogP contribution in [0.5, 0.6) is 0 Å². The quantitative estimate of drug-likeness (QED) is 0.469. The van der Waals surface area contributed by atoms with E-state index in [4.69, 9.17) is 10.6 Å². The fraction of sp³-hybridized carbons (Fsp3) is 0.455. The molecule has 2 aromatic rings. The number of nitrogen functional groups attached to an aromatic ring is 1. The van der Waals surface area contributed by atoms with Crippen LogP contribution >= 0.6 is 11.3 Å². The zero-order valence-electron chi connectivity index (χ0n) is 9.77. The maximum absolute atomic E-state index is 5.50. The lowest BCUT2D eigenvalue weighted by Gasteiger charge is -2.05. The first-order chi connectivity index (χ1) is 8.35. The first-order valence-corrected chi connectivity index (χ1v) is 6.51. The molecular formula is C11H16N4OS. The summed E-state index contributed by atoms with van der Waals surface area (Å²) in [7, 11) is 0. The van der Waals surface area contributed by atoms with Crippen LogP contribution in [0.2, 0.25) is 0 Å². The Labute approximate surface area is 104 Å². The van der Waals surface area contributed by atoms with Crippen LogP contribution < -0.4 is 11.3 Å². The van der Waals surface area contributed by atoms with Crippen LogP contribution in [0.3, 0.4) is 0 Å². The number of hydrogen-bond donors (Lipinski definition) is 2. The van der Waals surface area contributed by atoms with E-state index in [-0.39, 0.29) is 0 Å². The fourth-order valence-corrected chi connectivity index (χ4v) is 2.27. The Morgan fingerprint density at radius 3 is 3.12 bits per heavy atom. The van der Waals surface area contributed by atoms with Crippen LogP contribution in [0.15, 0.2) is 11.4 Å². The van der Waals surface area contributed by atoms with Crippen molar-refractivity contribution in [3.8, 4) is 0 Å². The van der Waals surface area contributed by atoms with Crippen LogP contribution in [0, 0.1) is 0 Å². The second-order valence-corrected chi connectivity index (χ2v) is 4.57. The molecule has 0 amide bonds. The molecule has 2 rings (SSSR count). The Morgan fingerprint density at radius 1 is 1.47 bits per heavy atom. The van der Waals surface area contributed by atoms with Gasteiger partial charge in [0.15, 0.2) is 11.6 Å². The Bertz CT molecular complexity index is 485. The minimum Gasteiger partial charge on any atom is -0.373 e. The summed E-state index contributed by atoms with van der Waals surface area (Å²) < 4.78 is 5.50. The summed E-state index contributed by atoms with van der Waals surface area (Å²) in [5.74, 6) is 6.77. The van der Waals surface area contributed by atoms with E-state index in [1.807, 2.05) is 11.4 Å². The Kier molecular flexibility index (Phi) is 4.24. The molecule has 3 N–H and O–H groups in total. The molecule has 0 saturated heterocycles. The van der Waals surface area contributed by atoms with E-state index in [0.717, 1.165) is 29.7 Å². The zero-order valence-corrected chi connectivity index (χ0v) is 10.6. The molecule has 0 unspecified atom stereocenters. The van der Waals surface area contributed by atoms with Crippen molar-refractivity contribution in [1.82, 2.24) is 9.97 Å². The summed E-state index contributed by atoms with van der Waals surface area (Å²) in [6, 6.07) is 1.96. The number of rotatable bonds is 6. The smallest absolute Gasteiger partial charge is 0.158 e. The van der Waals surface area contributed by atoms with Crippen molar-refractivity contribution in [2.75, 3.05) is 12.0 Å². The van der Waals surface area contributed by atoms with Crippen LogP contribution in [-0.4, -0.2) is 16.6 Å². The number of aromatic nitrogens is 2. The summed E-state index contributed by atoms with van der Waals surface area (Å²) >= 11 is 1.57. The van der Waals surface area contributed by atoms with E-state index in [9.17, 15) is 0 Å². The number of hydrazine groups is 1. The molecular weight excluding hydrogens is 236 g/mol. The van der Waals surface area contributed by atoms with E-state index < -0.39 is 0 Å². The van der Waals surface area contributed by atoms with Crippen LogP contribution in [0.25, 0.3) is 10.2 Å². The third-order valence-corrected chi connectivity index (χ3v) is 3.19. The molecule has 0 saturated carbocycles. The van der Waals surface area contributed by atoms with Gasteiger partial charge in [-0.2, -0.15) is 0 Å². The fourth-order valence-electron chi connectivity index (χ4n) is 1.48. The molecule has 17 heavy (non-hydrogen) atoms. The molecule has 6 heteroatoms. The van der Waals surface area contributed by atoms with Crippen LogP contribution in [0.4, 0.5) is 5.82 Å². The highest BCUT2D eigenvalue weighted by Crippen LogP contribution is 2.24. The van der Waals surface area contributed by atoms with Gasteiger partial charge in [-0.15, -0.1) is 11.3 Å². The molecule has 2 heterocycles. The average molecular weight is 252 g/mol. The topological polar surface area (TPSA) is 73.1 Å². The number of nitrogens with two attached hydrogens (primary N) is 1. The summed E-state index contributed by atoms with van der Waals surface area (Å²) in [6.45, 7) is 3.31. The molecule has 92 valence electrons. The maximum atomic E-state index is 5.50. The first kappa shape index (κ1) is 12.2. The van der Waals surface area contributed by atoms with Crippen molar-refractivity contribution in [3.63, 3.8) is 0 Å². The highest BCUT2D eigenvalue weighted by atomic mass is 32.1. The molecule has 2 aromatic heterocycles. The van der Waals surface area contributed by atoms with Gasteiger partial charge in [0, 0.05) is 6.61 Å². The number of nitrogens with zero attached hydrogens (tertiary/aromatic N) is 2. The van der Waals surface area contributed by atoms with Crippen LogP contribution in [-0.2, 0) is 11.3 Å². The highest BCUT2D eigenvalue weighted by molar-refractivity contribution is 7.16. The van der Waals surface area contributed by atoms with Gasteiger partial charge in [0.25, 0.3) is 0 Å². The van der Waals surface area contributed by atoms with Crippen molar-refractivity contribution >= 4 is 27.4 Å². The zero-order chi connectivity index (χ0) is 12.1. The third kappa shape index (κ3) is 2.91. The molecule has 0 fully saturated rings. The number of thiophene rings is 1. The second-order valence-electron chi connectivity index (χ2n) is 3.68. The average Bonchev–Trinajstić information content (AvgIpc) is 2.81. The molecule has 0 radical (unpaired) electrons.